The molecule has 0 N–H and O–H groups in total. The standard InChI is InChI=1S/C23H20Br2N2O4S2/c1-4-30-20-14(24)9-13(10-15(20)25)11-17-21(28)27-19(16-7-6-8-32-16)18(22(29)31-5-2)12(3)26-23(27)33-17/h6-11,19H,4-5H2,1-3H3/b17-11-/t19-/m0/s1. The lowest BCUT2D eigenvalue weighted by Crippen LogP contribution is -2.39. The van der Waals surface area contributed by atoms with Crippen LogP contribution in [0.15, 0.2) is 59.6 Å². The Hall–Kier alpha value is -2.01. The first-order valence-electron chi connectivity index (χ1n) is 10.2. The number of fused-ring (bicyclic) bond motifs is 1. The Morgan fingerprint density at radius 1 is 1.24 bits per heavy atom. The number of hydrogen-bond acceptors (Lipinski definition) is 7. The van der Waals surface area contributed by atoms with E-state index in [-0.39, 0.29) is 12.2 Å². The summed E-state index contributed by atoms with van der Waals surface area (Å²) < 4.78 is 14.6. The zero-order valence-electron chi connectivity index (χ0n) is 18.1. The van der Waals surface area contributed by atoms with Gasteiger partial charge in [-0.25, -0.2) is 9.79 Å². The van der Waals surface area contributed by atoms with Gasteiger partial charge in [0.05, 0.1) is 38.0 Å². The minimum absolute atomic E-state index is 0.201. The first-order chi connectivity index (χ1) is 15.8. The molecule has 3 aromatic rings. The highest BCUT2D eigenvalue weighted by Gasteiger charge is 2.33. The van der Waals surface area contributed by atoms with Gasteiger partial charge in [-0.05, 0) is 87.8 Å². The molecule has 0 spiro atoms. The van der Waals surface area contributed by atoms with E-state index in [1.165, 1.54) is 22.7 Å². The van der Waals surface area contributed by atoms with Crippen molar-refractivity contribution >= 4 is 66.6 Å². The van der Waals surface area contributed by atoms with Gasteiger partial charge in [-0.15, -0.1) is 11.3 Å². The van der Waals surface area contributed by atoms with Gasteiger partial charge in [0.2, 0.25) is 0 Å². The molecule has 2 aromatic heterocycles. The monoisotopic (exact) mass is 610 g/mol. The van der Waals surface area contributed by atoms with Crippen molar-refractivity contribution in [1.29, 1.82) is 0 Å². The van der Waals surface area contributed by atoms with E-state index in [0.717, 1.165) is 19.4 Å². The minimum Gasteiger partial charge on any atom is -0.492 e. The Balaban J connectivity index is 1.89. The summed E-state index contributed by atoms with van der Waals surface area (Å²) in [4.78, 5) is 32.4. The number of ether oxygens (including phenoxy) is 2. The molecule has 3 heterocycles. The number of rotatable bonds is 6. The largest absolute Gasteiger partial charge is 0.492 e. The number of allylic oxidation sites excluding steroid dienone is 1. The van der Waals surface area contributed by atoms with Crippen LogP contribution in [0.3, 0.4) is 0 Å². The van der Waals surface area contributed by atoms with Gasteiger partial charge in [0.15, 0.2) is 4.80 Å². The number of hydrogen-bond donors (Lipinski definition) is 0. The van der Waals surface area contributed by atoms with Crippen molar-refractivity contribution in [2.24, 2.45) is 4.99 Å². The average Bonchev–Trinajstić information content (AvgIpc) is 3.39. The van der Waals surface area contributed by atoms with Crippen molar-refractivity contribution in [2.45, 2.75) is 26.8 Å². The lowest BCUT2D eigenvalue weighted by atomic mass is 10.0. The van der Waals surface area contributed by atoms with Crippen molar-refractivity contribution in [1.82, 2.24) is 4.57 Å². The number of aromatic nitrogens is 1. The van der Waals surface area contributed by atoms with E-state index in [2.05, 4.69) is 36.9 Å². The molecule has 1 aliphatic heterocycles. The van der Waals surface area contributed by atoms with Gasteiger partial charge in [0.25, 0.3) is 5.56 Å². The number of benzene rings is 1. The molecule has 0 saturated heterocycles. The maximum Gasteiger partial charge on any atom is 0.338 e. The number of esters is 1. The van der Waals surface area contributed by atoms with Crippen LogP contribution in [0.4, 0.5) is 0 Å². The number of carbonyl (C=O) groups excluding carboxylic acids is 1. The third-order valence-electron chi connectivity index (χ3n) is 4.94. The summed E-state index contributed by atoms with van der Waals surface area (Å²) in [6.45, 7) is 6.25. The lowest BCUT2D eigenvalue weighted by molar-refractivity contribution is -0.139. The van der Waals surface area contributed by atoms with Gasteiger partial charge in [-0.3, -0.25) is 9.36 Å². The fourth-order valence-electron chi connectivity index (χ4n) is 3.60. The SMILES string of the molecule is CCOC(=O)C1=C(C)N=c2s/c(=C\c3cc(Br)c(OCC)c(Br)c3)c(=O)n2[C@H]1c1cccs1. The number of thiophene rings is 1. The molecule has 0 aliphatic carbocycles. The maximum atomic E-state index is 13.6. The maximum absolute atomic E-state index is 13.6. The van der Waals surface area contributed by atoms with Crippen LogP contribution in [0.25, 0.3) is 6.08 Å². The van der Waals surface area contributed by atoms with E-state index < -0.39 is 12.0 Å². The molecule has 33 heavy (non-hydrogen) atoms. The van der Waals surface area contributed by atoms with Gasteiger partial charge in [-0.2, -0.15) is 0 Å². The molecular formula is C23H20Br2N2O4S2. The van der Waals surface area contributed by atoms with Gasteiger partial charge in [0.1, 0.15) is 11.8 Å². The van der Waals surface area contributed by atoms with Crippen LogP contribution in [0.2, 0.25) is 0 Å². The highest BCUT2D eigenvalue weighted by molar-refractivity contribution is 9.11. The molecule has 1 atom stereocenters. The Bertz CT molecular complexity index is 1400. The number of carbonyl (C=O) groups is 1. The third-order valence-corrected chi connectivity index (χ3v) is 8.02. The zero-order valence-corrected chi connectivity index (χ0v) is 22.9. The number of nitrogens with zero attached hydrogens (tertiary/aromatic N) is 2. The highest BCUT2D eigenvalue weighted by Crippen LogP contribution is 2.35. The average molecular weight is 612 g/mol. The van der Waals surface area contributed by atoms with Crippen LogP contribution in [0.5, 0.6) is 5.75 Å². The van der Waals surface area contributed by atoms with E-state index in [9.17, 15) is 9.59 Å². The molecule has 0 amide bonds. The van der Waals surface area contributed by atoms with Gasteiger partial charge in [-0.1, -0.05) is 17.4 Å². The van der Waals surface area contributed by atoms with Gasteiger partial charge in [0, 0.05) is 4.88 Å². The smallest absolute Gasteiger partial charge is 0.338 e. The fraction of sp³-hybridized carbons (Fsp3) is 0.261. The third kappa shape index (κ3) is 4.66. The first kappa shape index (κ1) is 24.1. The summed E-state index contributed by atoms with van der Waals surface area (Å²) >= 11 is 9.87. The van der Waals surface area contributed by atoms with Crippen molar-refractivity contribution in [3.63, 3.8) is 0 Å². The van der Waals surface area contributed by atoms with Gasteiger partial charge < -0.3 is 9.47 Å². The predicted molar refractivity (Wildman–Crippen MR) is 138 cm³/mol. The van der Waals surface area contributed by atoms with Crippen LogP contribution in [0, 0.1) is 0 Å². The molecule has 0 saturated carbocycles. The molecule has 4 rings (SSSR count). The molecule has 0 unspecified atom stereocenters. The van der Waals surface area contributed by atoms with Crippen LogP contribution in [-0.4, -0.2) is 23.8 Å². The second kappa shape index (κ2) is 10.1. The zero-order chi connectivity index (χ0) is 23.7. The molecule has 6 nitrogen and oxygen atoms in total. The number of thiazole rings is 1. The summed E-state index contributed by atoms with van der Waals surface area (Å²) in [5.41, 5.74) is 1.58. The van der Waals surface area contributed by atoms with Crippen molar-refractivity contribution in [3.8, 4) is 5.75 Å². The van der Waals surface area contributed by atoms with Gasteiger partial charge >= 0.3 is 5.97 Å². The van der Waals surface area contributed by atoms with E-state index in [4.69, 9.17) is 9.47 Å². The molecule has 0 radical (unpaired) electrons. The van der Waals surface area contributed by atoms with Crippen LogP contribution >= 0.6 is 54.5 Å². The van der Waals surface area contributed by atoms with Crippen LogP contribution in [-0.2, 0) is 9.53 Å². The molecule has 172 valence electrons. The van der Waals surface area contributed by atoms with E-state index in [0.29, 0.717) is 33.0 Å². The summed E-state index contributed by atoms with van der Waals surface area (Å²) in [5.74, 6) is 0.259. The molecule has 1 aliphatic rings. The van der Waals surface area contributed by atoms with Crippen molar-refractivity contribution in [2.75, 3.05) is 13.2 Å². The molecule has 1 aromatic carbocycles. The van der Waals surface area contributed by atoms with Crippen LogP contribution in [0.1, 0.15) is 37.3 Å². The topological polar surface area (TPSA) is 69.9 Å². The van der Waals surface area contributed by atoms with Crippen LogP contribution < -0.4 is 19.6 Å². The Morgan fingerprint density at radius 3 is 2.58 bits per heavy atom. The lowest BCUT2D eigenvalue weighted by Gasteiger charge is -2.23. The number of halogens is 2. The van der Waals surface area contributed by atoms with Crippen molar-refractivity contribution in [3.05, 3.63) is 80.0 Å². The second-order valence-corrected chi connectivity index (χ2v) is 10.8. The Labute approximate surface area is 215 Å². The predicted octanol–water partition coefficient (Wildman–Crippen LogP) is 4.78. The van der Waals surface area contributed by atoms with E-state index in [1.807, 2.05) is 42.6 Å². The minimum atomic E-state index is -0.568. The molecule has 10 heteroatoms. The summed E-state index contributed by atoms with van der Waals surface area (Å²) in [6.07, 6.45) is 1.82. The normalized spacial score (nSPS) is 15.9. The first-order valence-corrected chi connectivity index (χ1v) is 13.5. The quantitative estimate of drug-likeness (QED) is 0.376. The van der Waals surface area contributed by atoms with E-state index >= 15 is 0 Å². The highest BCUT2D eigenvalue weighted by atomic mass is 79.9. The van der Waals surface area contributed by atoms with E-state index in [1.54, 1.807) is 18.4 Å². The summed E-state index contributed by atoms with van der Waals surface area (Å²) in [5, 5.41) is 1.93. The summed E-state index contributed by atoms with van der Waals surface area (Å²) in [7, 11) is 0. The summed E-state index contributed by atoms with van der Waals surface area (Å²) in [6, 6.07) is 7.06. The Kier molecular flexibility index (Phi) is 7.37. The Morgan fingerprint density at radius 2 is 1.97 bits per heavy atom. The second-order valence-electron chi connectivity index (χ2n) is 7.06. The molecule has 0 bridgehead atoms. The molecule has 0 fully saturated rings. The molecular weight excluding hydrogens is 592 g/mol. The van der Waals surface area contributed by atoms with Crippen molar-refractivity contribution < 1.29 is 14.3 Å². The fourth-order valence-corrected chi connectivity index (χ4v) is 6.92.